The summed E-state index contributed by atoms with van der Waals surface area (Å²) in [5.41, 5.74) is -2.40. The minimum absolute atomic E-state index is 0.0329. The van der Waals surface area contributed by atoms with Crippen LogP contribution < -0.4 is 33.1 Å². The number of hydrogen-bond acceptors (Lipinski definition) is 5. The van der Waals surface area contributed by atoms with Gasteiger partial charge in [0, 0.05) is 40.3 Å². The van der Waals surface area contributed by atoms with Gasteiger partial charge in [0.1, 0.15) is 11.6 Å². The molecule has 11 heteroatoms. The summed E-state index contributed by atoms with van der Waals surface area (Å²) in [6.07, 6.45) is 0. The third-order valence-electron chi connectivity index (χ3n) is 3.54. The number of urea groups is 1. The molecule has 2 rings (SSSR count). The van der Waals surface area contributed by atoms with Crippen molar-refractivity contribution in [3.8, 4) is 0 Å². The molecule has 0 unspecified atom stereocenters. The van der Waals surface area contributed by atoms with E-state index < -0.39 is 28.5 Å². The molecule has 0 saturated carbocycles. The first-order valence-electron chi connectivity index (χ1n) is 6.75. The third kappa shape index (κ3) is 2.91. The largest absolute Gasteiger partial charge is 0.332 e. The molecule has 2 amide bonds. The van der Waals surface area contributed by atoms with E-state index in [0.29, 0.717) is 0 Å². The number of nitrogens with one attached hydrogen (secondary N) is 2. The van der Waals surface area contributed by atoms with E-state index in [0.717, 1.165) is 30.4 Å². The fourth-order valence-corrected chi connectivity index (χ4v) is 1.97. The Morgan fingerprint density at radius 2 is 1.04 bits per heavy atom. The van der Waals surface area contributed by atoms with Crippen LogP contribution in [0, 0.1) is 0 Å². The molecule has 2 heterocycles. The number of carbonyl (C=O) groups is 1. The van der Waals surface area contributed by atoms with Crippen molar-refractivity contribution in [3.05, 3.63) is 53.8 Å². The predicted octanol–water partition coefficient (Wildman–Crippen LogP) is -1.87. The number of aromatic nitrogens is 4. The number of hydrogen-bond donors (Lipinski definition) is 2. The Labute approximate surface area is 134 Å². The Bertz CT molecular complexity index is 971. The maximum absolute atomic E-state index is 12.0. The second kappa shape index (κ2) is 6.02. The molecular weight excluding hydrogens is 320 g/mol. The van der Waals surface area contributed by atoms with E-state index in [9.17, 15) is 24.0 Å². The van der Waals surface area contributed by atoms with Gasteiger partial charge in [0.25, 0.3) is 11.1 Å². The van der Waals surface area contributed by atoms with Crippen LogP contribution in [0.5, 0.6) is 0 Å². The summed E-state index contributed by atoms with van der Waals surface area (Å²) >= 11 is 0. The molecule has 0 aliphatic heterocycles. The minimum atomic E-state index is -0.818. The molecule has 0 atom stereocenters. The van der Waals surface area contributed by atoms with Gasteiger partial charge in [-0.15, -0.1) is 0 Å². The lowest BCUT2D eigenvalue weighted by Crippen LogP contribution is -2.40. The lowest BCUT2D eigenvalue weighted by Gasteiger charge is -2.13. The molecule has 0 aromatic carbocycles. The predicted molar refractivity (Wildman–Crippen MR) is 86.5 cm³/mol. The molecule has 0 saturated heterocycles. The van der Waals surface area contributed by atoms with Crippen molar-refractivity contribution < 1.29 is 4.79 Å². The first kappa shape index (κ1) is 17.0. The van der Waals surface area contributed by atoms with Crippen molar-refractivity contribution in [2.45, 2.75) is 0 Å². The van der Waals surface area contributed by atoms with Crippen molar-refractivity contribution in [1.29, 1.82) is 0 Å². The minimum Gasteiger partial charge on any atom is -0.293 e. The van der Waals surface area contributed by atoms with Gasteiger partial charge < -0.3 is 0 Å². The number of amides is 2. The second-order valence-corrected chi connectivity index (χ2v) is 5.12. The van der Waals surface area contributed by atoms with Gasteiger partial charge in [-0.05, 0) is 0 Å². The van der Waals surface area contributed by atoms with Gasteiger partial charge in [-0.3, -0.25) is 38.5 Å². The summed E-state index contributed by atoms with van der Waals surface area (Å²) in [4.78, 5) is 58.9. The van der Waals surface area contributed by atoms with Crippen LogP contribution in [0.2, 0.25) is 0 Å². The molecule has 0 aliphatic rings. The summed E-state index contributed by atoms with van der Waals surface area (Å²) in [5.74, 6) is -0.0659. The zero-order valence-corrected chi connectivity index (χ0v) is 13.5. The maximum Gasteiger partial charge on any atom is 0.332 e. The molecule has 2 aromatic heterocycles. The van der Waals surface area contributed by atoms with E-state index in [-0.39, 0.29) is 11.6 Å². The molecule has 0 fully saturated rings. The topological polar surface area (TPSA) is 129 Å². The van der Waals surface area contributed by atoms with E-state index in [1.165, 1.54) is 28.2 Å². The molecule has 2 N–H and O–H groups in total. The third-order valence-corrected chi connectivity index (χ3v) is 3.54. The van der Waals surface area contributed by atoms with Crippen molar-refractivity contribution >= 4 is 17.7 Å². The van der Waals surface area contributed by atoms with Crippen LogP contribution in [0.4, 0.5) is 16.4 Å². The Morgan fingerprint density at radius 3 is 1.38 bits per heavy atom. The van der Waals surface area contributed by atoms with E-state index in [2.05, 4.69) is 10.6 Å². The van der Waals surface area contributed by atoms with Gasteiger partial charge in [0.05, 0.1) is 0 Å². The monoisotopic (exact) mass is 336 g/mol. The summed E-state index contributed by atoms with van der Waals surface area (Å²) in [6, 6.07) is 1.33. The van der Waals surface area contributed by atoms with Gasteiger partial charge in [0.15, 0.2) is 0 Å². The Kier molecular flexibility index (Phi) is 4.26. The molecule has 24 heavy (non-hydrogen) atoms. The summed E-state index contributed by atoms with van der Waals surface area (Å²) in [7, 11) is 5.38. The van der Waals surface area contributed by atoms with Crippen LogP contribution in [-0.2, 0) is 28.2 Å². The summed E-state index contributed by atoms with van der Waals surface area (Å²) in [6.45, 7) is 0. The Balaban J connectivity index is 2.34. The van der Waals surface area contributed by atoms with Crippen LogP contribution in [0.15, 0.2) is 31.3 Å². The van der Waals surface area contributed by atoms with Crippen molar-refractivity contribution in [1.82, 2.24) is 18.3 Å². The lowest BCUT2D eigenvalue weighted by molar-refractivity contribution is 0.261. The molecule has 2 aromatic rings. The highest BCUT2D eigenvalue weighted by atomic mass is 16.2. The van der Waals surface area contributed by atoms with Gasteiger partial charge in [-0.1, -0.05) is 0 Å². The first-order chi connectivity index (χ1) is 11.1. The fraction of sp³-hybridized carbons (Fsp3) is 0.308. The van der Waals surface area contributed by atoms with Crippen molar-refractivity contribution in [3.63, 3.8) is 0 Å². The zero-order valence-electron chi connectivity index (χ0n) is 13.5. The van der Waals surface area contributed by atoms with Crippen LogP contribution in [0.3, 0.4) is 0 Å². The van der Waals surface area contributed by atoms with Crippen molar-refractivity contribution in [2.75, 3.05) is 10.6 Å². The van der Waals surface area contributed by atoms with E-state index in [1.807, 2.05) is 0 Å². The molecule has 0 radical (unpaired) electrons. The van der Waals surface area contributed by atoms with Crippen LogP contribution in [0.25, 0.3) is 0 Å². The highest BCUT2D eigenvalue weighted by Crippen LogP contribution is 2.02. The smallest absolute Gasteiger partial charge is 0.293 e. The van der Waals surface area contributed by atoms with Crippen molar-refractivity contribution in [2.24, 2.45) is 28.2 Å². The number of rotatable bonds is 2. The zero-order chi connectivity index (χ0) is 18.2. The number of carbonyl (C=O) groups excluding carboxylic acids is 1. The standard InChI is InChI=1S/C13H16N6O5/c1-16-7(5-9(20)18(3)12(16)23)14-11(22)15-8-6-10(21)19(4)13(24)17(8)2/h5-6H,1-4H3,(H2,14,15,22). The average molecular weight is 336 g/mol. The highest BCUT2D eigenvalue weighted by Gasteiger charge is 2.12. The van der Waals surface area contributed by atoms with Gasteiger partial charge in [-0.2, -0.15) is 0 Å². The number of nitrogens with zero attached hydrogens (tertiary/aromatic N) is 4. The molecule has 128 valence electrons. The normalized spacial score (nSPS) is 10.5. The molecule has 11 nitrogen and oxygen atoms in total. The number of anilines is 2. The highest BCUT2D eigenvalue weighted by molar-refractivity contribution is 5.98. The maximum atomic E-state index is 12.0. The van der Waals surface area contributed by atoms with E-state index in [1.54, 1.807) is 0 Å². The molecule has 0 aliphatic carbocycles. The summed E-state index contributed by atoms with van der Waals surface area (Å²) in [5, 5.41) is 4.65. The lowest BCUT2D eigenvalue weighted by atomic mass is 10.5. The van der Waals surface area contributed by atoms with Gasteiger partial charge in [0.2, 0.25) is 0 Å². The quantitative estimate of drug-likeness (QED) is 0.663. The second-order valence-electron chi connectivity index (χ2n) is 5.12. The van der Waals surface area contributed by atoms with Crippen LogP contribution >= 0.6 is 0 Å². The van der Waals surface area contributed by atoms with Crippen LogP contribution in [-0.4, -0.2) is 24.3 Å². The van der Waals surface area contributed by atoms with Gasteiger partial charge >= 0.3 is 17.4 Å². The molecular formula is C13H16N6O5. The van der Waals surface area contributed by atoms with Gasteiger partial charge in [-0.25, -0.2) is 14.4 Å². The average Bonchev–Trinajstić information content (AvgIpc) is 2.53. The summed E-state index contributed by atoms with van der Waals surface area (Å²) < 4.78 is 3.91. The molecule has 0 spiro atoms. The van der Waals surface area contributed by atoms with E-state index >= 15 is 0 Å². The molecule has 0 bridgehead atoms. The van der Waals surface area contributed by atoms with Crippen LogP contribution in [0.1, 0.15) is 0 Å². The SMILES string of the molecule is Cn1c(NC(=O)Nc2cc(=O)n(C)c(=O)n2C)cc(=O)n(C)c1=O. The Morgan fingerprint density at radius 1 is 0.708 bits per heavy atom. The first-order valence-corrected chi connectivity index (χ1v) is 6.75. The fourth-order valence-electron chi connectivity index (χ4n) is 1.97. The van der Waals surface area contributed by atoms with E-state index in [4.69, 9.17) is 0 Å². The Hall–Kier alpha value is -3.37.